The molecule has 2 N–H and O–H groups in total. The summed E-state index contributed by atoms with van der Waals surface area (Å²) in [6, 6.07) is 9.33. The molecule has 0 aliphatic rings. The monoisotopic (exact) mass is 330 g/mol. The van der Waals surface area contributed by atoms with Crippen LogP contribution in [0.4, 0.5) is 4.79 Å². The summed E-state index contributed by atoms with van der Waals surface area (Å²) < 4.78 is 1.88. The van der Waals surface area contributed by atoms with Crippen molar-refractivity contribution >= 4 is 6.03 Å². The molecule has 6 heteroatoms. The summed E-state index contributed by atoms with van der Waals surface area (Å²) in [6.45, 7) is 3.91. The van der Waals surface area contributed by atoms with E-state index in [4.69, 9.17) is 0 Å². The van der Waals surface area contributed by atoms with E-state index in [9.17, 15) is 9.90 Å². The van der Waals surface area contributed by atoms with Crippen LogP contribution in [0.1, 0.15) is 37.0 Å². The van der Waals surface area contributed by atoms with Gasteiger partial charge in [-0.2, -0.15) is 5.10 Å². The first-order valence-corrected chi connectivity index (χ1v) is 8.33. The molecule has 0 saturated carbocycles. The first-order valence-electron chi connectivity index (χ1n) is 8.33. The van der Waals surface area contributed by atoms with Gasteiger partial charge in [-0.1, -0.05) is 37.3 Å². The van der Waals surface area contributed by atoms with Gasteiger partial charge in [-0.05, 0) is 18.4 Å². The molecule has 0 radical (unpaired) electrons. The van der Waals surface area contributed by atoms with Gasteiger partial charge in [-0.15, -0.1) is 0 Å². The van der Waals surface area contributed by atoms with Crippen LogP contribution in [0.25, 0.3) is 0 Å². The van der Waals surface area contributed by atoms with Crippen molar-refractivity contribution < 1.29 is 9.90 Å². The Kier molecular flexibility index (Phi) is 6.81. The summed E-state index contributed by atoms with van der Waals surface area (Å²) in [4.78, 5) is 13.7. The Hall–Kier alpha value is -2.34. The van der Waals surface area contributed by atoms with E-state index in [-0.39, 0.29) is 6.03 Å². The fourth-order valence-corrected chi connectivity index (χ4v) is 2.42. The van der Waals surface area contributed by atoms with Gasteiger partial charge in [0.15, 0.2) is 0 Å². The van der Waals surface area contributed by atoms with Crippen LogP contribution in [-0.4, -0.2) is 39.4 Å². The Bertz CT molecular complexity index is 627. The Morgan fingerprint density at radius 3 is 2.83 bits per heavy atom. The topological polar surface area (TPSA) is 70.4 Å². The van der Waals surface area contributed by atoms with Crippen molar-refractivity contribution in [2.24, 2.45) is 0 Å². The van der Waals surface area contributed by atoms with E-state index in [0.717, 1.165) is 24.1 Å². The van der Waals surface area contributed by atoms with Gasteiger partial charge in [0.25, 0.3) is 0 Å². The van der Waals surface area contributed by atoms with Gasteiger partial charge in [-0.3, -0.25) is 4.68 Å². The molecule has 0 fully saturated rings. The Morgan fingerprint density at radius 2 is 2.12 bits per heavy atom. The molecule has 0 aliphatic heterocycles. The average molecular weight is 330 g/mol. The highest BCUT2D eigenvalue weighted by Gasteiger charge is 2.12. The summed E-state index contributed by atoms with van der Waals surface area (Å²) in [6.07, 6.45) is 4.69. The van der Waals surface area contributed by atoms with E-state index in [1.807, 2.05) is 41.2 Å². The zero-order valence-electron chi connectivity index (χ0n) is 14.4. The fourth-order valence-electron chi connectivity index (χ4n) is 2.42. The molecule has 1 unspecified atom stereocenters. The van der Waals surface area contributed by atoms with Crippen LogP contribution in [0.5, 0.6) is 0 Å². The number of aliphatic hydroxyl groups excluding tert-OH is 1. The Balaban J connectivity index is 1.73. The number of aliphatic hydroxyl groups is 1. The molecule has 2 amide bonds. The number of carbonyl (C=O) groups excluding carboxylic acids is 1. The molecule has 1 aromatic heterocycles. The van der Waals surface area contributed by atoms with Crippen molar-refractivity contribution in [1.29, 1.82) is 0 Å². The van der Waals surface area contributed by atoms with E-state index < -0.39 is 6.10 Å². The number of hydrogen-bond donors (Lipinski definition) is 2. The molecular formula is C18H26N4O2. The first-order chi connectivity index (χ1) is 11.6. The summed E-state index contributed by atoms with van der Waals surface area (Å²) in [5.41, 5.74) is 1.85. The van der Waals surface area contributed by atoms with E-state index in [1.165, 1.54) is 0 Å². The number of aryl methyl sites for hydroxylation is 1. The molecule has 1 aromatic carbocycles. The maximum absolute atomic E-state index is 12.1. The largest absolute Gasteiger partial charge is 0.388 e. The van der Waals surface area contributed by atoms with E-state index in [0.29, 0.717) is 19.5 Å². The number of rotatable bonds is 8. The lowest BCUT2D eigenvalue weighted by Gasteiger charge is -2.19. The molecule has 1 heterocycles. The van der Waals surface area contributed by atoms with Crippen molar-refractivity contribution in [2.45, 2.75) is 39.0 Å². The van der Waals surface area contributed by atoms with Crippen LogP contribution in [0, 0.1) is 0 Å². The van der Waals surface area contributed by atoms with Crippen LogP contribution in [0.3, 0.4) is 0 Å². The van der Waals surface area contributed by atoms with Crippen LogP contribution in [-0.2, 0) is 13.1 Å². The minimum absolute atomic E-state index is 0.154. The van der Waals surface area contributed by atoms with Crippen molar-refractivity contribution in [3.63, 3.8) is 0 Å². The zero-order chi connectivity index (χ0) is 17.4. The number of nitrogens with zero attached hydrogens (tertiary/aromatic N) is 3. The van der Waals surface area contributed by atoms with Gasteiger partial charge in [0, 0.05) is 38.4 Å². The van der Waals surface area contributed by atoms with Gasteiger partial charge in [0.2, 0.25) is 0 Å². The SMILES string of the molecule is CCCn1cc(CNC(=O)N(C)CCC(O)c2ccccc2)cn1. The highest BCUT2D eigenvalue weighted by molar-refractivity contribution is 5.73. The third-order valence-electron chi connectivity index (χ3n) is 3.85. The number of aromatic nitrogens is 2. The van der Waals surface area contributed by atoms with E-state index in [1.54, 1.807) is 18.1 Å². The standard InChI is InChI=1S/C18H26N4O2/c1-3-10-22-14-15(13-20-22)12-19-18(24)21(2)11-9-17(23)16-7-5-4-6-8-16/h4-8,13-14,17,23H,3,9-12H2,1-2H3,(H,19,24). The second kappa shape index (κ2) is 9.08. The van der Waals surface area contributed by atoms with Gasteiger partial charge in [0.1, 0.15) is 0 Å². The van der Waals surface area contributed by atoms with Gasteiger partial charge in [0.05, 0.1) is 12.3 Å². The number of nitrogens with one attached hydrogen (secondary N) is 1. The van der Waals surface area contributed by atoms with Gasteiger partial charge in [-0.25, -0.2) is 4.79 Å². The second-order valence-electron chi connectivity index (χ2n) is 5.91. The fraction of sp³-hybridized carbons (Fsp3) is 0.444. The minimum Gasteiger partial charge on any atom is -0.388 e. The first kappa shape index (κ1) is 18.0. The number of benzene rings is 1. The van der Waals surface area contributed by atoms with Crippen LogP contribution < -0.4 is 5.32 Å². The number of amides is 2. The molecule has 0 bridgehead atoms. The van der Waals surface area contributed by atoms with Gasteiger partial charge < -0.3 is 15.3 Å². The lowest BCUT2D eigenvalue weighted by molar-refractivity contribution is 0.150. The minimum atomic E-state index is -0.561. The summed E-state index contributed by atoms with van der Waals surface area (Å²) >= 11 is 0. The molecule has 2 rings (SSSR count). The highest BCUT2D eigenvalue weighted by Crippen LogP contribution is 2.16. The summed E-state index contributed by atoms with van der Waals surface area (Å²) in [5.74, 6) is 0. The van der Waals surface area contributed by atoms with Crippen molar-refractivity contribution in [1.82, 2.24) is 20.0 Å². The summed E-state index contributed by atoms with van der Waals surface area (Å²) in [7, 11) is 1.73. The second-order valence-corrected chi connectivity index (χ2v) is 5.91. The molecule has 24 heavy (non-hydrogen) atoms. The molecule has 1 atom stereocenters. The molecule has 0 spiro atoms. The lowest BCUT2D eigenvalue weighted by Crippen LogP contribution is -2.37. The summed E-state index contributed by atoms with van der Waals surface area (Å²) in [5, 5.41) is 17.3. The molecular weight excluding hydrogens is 304 g/mol. The third kappa shape index (κ3) is 5.38. The smallest absolute Gasteiger partial charge is 0.317 e. The van der Waals surface area contributed by atoms with Crippen molar-refractivity contribution in [3.05, 3.63) is 53.9 Å². The normalized spacial score (nSPS) is 12.0. The zero-order valence-corrected chi connectivity index (χ0v) is 14.4. The average Bonchev–Trinajstić information content (AvgIpc) is 3.06. The molecule has 130 valence electrons. The maximum atomic E-state index is 12.1. The maximum Gasteiger partial charge on any atom is 0.317 e. The van der Waals surface area contributed by atoms with Crippen molar-refractivity contribution in [3.8, 4) is 0 Å². The molecule has 2 aromatic rings. The van der Waals surface area contributed by atoms with Crippen LogP contribution in [0.15, 0.2) is 42.7 Å². The number of hydrogen-bond acceptors (Lipinski definition) is 3. The van der Waals surface area contributed by atoms with Crippen LogP contribution in [0.2, 0.25) is 0 Å². The highest BCUT2D eigenvalue weighted by atomic mass is 16.3. The molecule has 0 aliphatic carbocycles. The quantitative estimate of drug-likeness (QED) is 0.781. The van der Waals surface area contributed by atoms with Crippen molar-refractivity contribution in [2.75, 3.05) is 13.6 Å². The predicted molar refractivity (Wildman–Crippen MR) is 93.4 cm³/mol. The Morgan fingerprint density at radius 1 is 1.38 bits per heavy atom. The number of carbonyl (C=O) groups is 1. The third-order valence-corrected chi connectivity index (χ3v) is 3.85. The molecule has 6 nitrogen and oxygen atoms in total. The predicted octanol–water partition coefficient (Wildman–Crippen LogP) is 2.56. The van der Waals surface area contributed by atoms with Crippen LogP contribution >= 0.6 is 0 Å². The van der Waals surface area contributed by atoms with E-state index in [2.05, 4.69) is 17.3 Å². The van der Waals surface area contributed by atoms with Gasteiger partial charge >= 0.3 is 6.03 Å². The Labute approximate surface area is 143 Å². The number of urea groups is 1. The molecule has 0 saturated heterocycles. The van der Waals surface area contributed by atoms with E-state index >= 15 is 0 Å². The lowest BCUT2D eigenvalue weighted by atomic mass is 10.1.